The summed E-state index contributed by atoms with van der Waals surface area (Å²) in [5.41, 5.74) is 7.51. The van der Waals surface area contributed by atoms with E-state index in [4.69, 9.17) is 26.2 Å². The van der Waals surface area contributed by atoms with Gasteiger partial charge >= 0.3 is 33.3 Å². The molecule has 0 aromatic heterocycles. The number of rotatable bonds is 3. The number of aliphatic imine (C=N–C) groups is 1. The molecule has 2 saturated heterocycles. The van der Waals surface area contributed by atoms with Gasteiger partial charge in [0, 0.05) is 17.5 Å². The minimum absolute atomic E-state index is 0.0656. The van der Waals surface area contributed by atoms with Crippen LogP contribution in [0.1, 0.15) is 103 Å². The zero-order valence-electron chi connectivity index (χ0n) is 20.9. The Hall–Kier alpha value is 0.159. The summed E-state index contributed by atoms with van der Waals surface area (Å²) in [7, 11) is 9.34. The van der Waals surface area contributed by atoms with Crippen LogP contribution in [0.4, 0.5) is 0 Å². The molecule has 6 atom stereocenters. The summed E-state index contributed by atoms with van der Waals surface area (Å²) in [4.78, 5) is 5.42. The molecule has 0 bridgehead atoms. The SMILES string of the molecule is C1CCC(C2=N[N-]C(C3CCC4CCC5CCC[N-]C5C4[N-]3)N=C2C2CCCCC2)CC1.[Cl][Cu][Cl]. The van der Waals surface area contributed by atoms with Gasteiger partial charge in [0.1, 0.15) is 0 Å². The first-order chi connectivity index (χ1) is 17.3. The summed E-state index contributed by atoms with van der Waals surface area (Å²) in [5, 5.41) is 15.5. The van der Waals surface area contributed by atoms with Crippen LogP contribution in [0.25, 0.3) is 16.1 Å². The number of fused-ring (bicyclic) bond motifs is 3. The van der Waals surface area contributed by atoms with Crippen LogP contribution in [0, 0.1) is 23.7 Å². The molecule has 5 fully saturated rings. The van der Waals surface area contributed by atoms with Crippen LogP contribution >= 0.6 is 20.2 Å². The van der Waals surface area contributed by atoms with Gasteiger partial charge in [-0.1, -0.05) is 88.9 Å². The first-order valence-electron chi connectivity index (χ1n) is 14.3. The summed E-state index contributed by atoms with van der Waals surface area (Å²) in [6.45, 7) is 1.05. The number of piperidine rings is 2. The molecule has 8 heteroatoms. The Kier molecular flexibility index (Phi) is 10.2. The van der Waals surface area contributed by atoms with Crippen molar-refractivity contribution in [3.8, 4) is 0 Å². The molecule has 0 aromatic rings. The molecule has 0 spiro atoms. The summed E-state index contributed by atoms with van der Waals surface area (Å²) in [6.07, 6.45) is 21.1. The van der Waals surface area contributed by atoms with Crippen LogP contribution in [0.5, 0.6) is 0 Å². The van der Waals surface area contributed by atoms with Crippen molar-refractivity contribution in [1.82, 2.24) is 0 Å². The normalized spacial score (nSPS) is 38.7. The fourth-order valence-corrected chi connectivity index (χ4v) is 7.85. The van der Waals surface area contributed by atoms with Gasteiger partial charge in [0.15, 0.2) is 0 Å². The van der Waals surface area contributed by atoms with Crippen molar-refractivity contribution in [2.45, 2.75) is 127 Å². The Bertz CT molecular complexity index is 737. The molecule has 3 aliphatic heterocycles. The van der Waals surface area contributed by atoms with Gasteiger partial charge in [-0.3, -0.25) is 0 Å². The van der Waals surface area contributed by atoms with E-state index in [1.54, 1.807) is 0 Å². The topological polar surface area (TPSA) is 67.0 Å². The van der Waals surface area contributed by atoms with Crippen molar-refractivity contribution in [1.29, 1.82) is 0 Å². The van der Waals surface area contributed by atoms with E-state index in [9.17, 15) is 0 Å². The van der Waals surface area contributed by atoms with Crippen LogP contribution in [-0.4, -0.2) is 42.3 Å². The van der Waals surface area contributed by atoms with Crippen LogP contribution in [-0.2, 0) is 13.1 Å². The first-order valence-corrected chi connectivity index (χ1v) is 16.9. The zero-order chi connectivity index (χ0) is 24.0. The molecule has 35 heavy (non-hydrogen) atoms. The third-order valence-corrected chi connectivity index (χ3v) is 9.64. The maximum atomic E-state index is 5.47. The number of halogens is 2. The van der Waals surface area contributed by atoms with E-state index in [2.05, 4.69) is 20.2 Å². The van der Waals surface area contributed by atoms with Gasteiger partial charge in [-0.05, 0) is 31.8 Å². The van der Waals surface area contributed by atoms with E-state index < -0.39 is 0 Å². The third-order valence-electron chi connectivity index (χ3n) is 9.64. The monoisotopic (exact) mass is 569 g/mol. The van der Waals surface area contributed by atoms with Crippen molar-refractivity contribution >= 4 is 31.6 Å². The fourth-order valence-electron chi connectivity index (χ4n) is 7.85. The van der Waals surface area contributed by atoms with Crippen molar-refractivity contribution < 1.29 is 13.1 Å². The average Bonchev–Trinajstić information content (AvgIpc) is 2.94. The van der Waals surface area contributed by atoms with Crippen molar-refractivity contribution in [2.75, 3.05) is 6.54 Å². The predicted molar refractivity (Wildman–Crippen MR) is 145 cm³/mol. The molecule has 0 radical (unpaired) electrons. The van der Waals surface area contributed by atoms with Gasteiger partial charge in [0.05, 0.1) is 5.71 Å². The Morgan fingerprint density at radius 2 is 1.26 bits per heavy atom. The van der Waals surface area contributed by atoms with Crippen LogP contribution in [0.15, 0.2) is 10.1 Å². The van der Waals surface area contributed by atoms with Gasteiger partial charge in [-0.25, -0.2) is 0 Å². The summed E-state index contributed by atoms with van der Waals surface area (Å²) in [6, 6.07) is 1.14. The molecule has 0 aromatic carbocycles. The average molecular weight is 571 g/mol. The van der Waals surface area contributed by atoms with Crippen LogP contribution < -0.4 is 0 Å². The van der Waals surface area contributed by atoms with Crippen molar-refractivity contribution in [2.24, 2.45) is 33.8 Å². The number of hydrogen-bond donors (Lipinski definition) is 0. The van der Waals surface area contributed by atoms with Gasteiger partial charge in [0.2, 0.25) is 0 Å². The Balaban J connectivity index is 0.000000806. The Morgan fingerprint density at radius 3 is 1.94 bits per heavy atom. The van der Waals surface area contributed by atoms with E-state index in [0.29, 0.717) is 23.9 Å². The summed E-state index contributed by atoms with van der Waals surface area (Å²) >= 11 is 0.757. The fraction of sp³-hybridized carbons (Fsp3) is 0.926. The molecule has 6 unspecified atom stereocenters. The van der Waals surface area contributed by atoms with E-state index >= 15 is 0 Å². The molecule has 5 nitrogen and oxygen atoms in total. The van der Waals surface area contributed by atoms with Crippen molar-refractivity contribution in [3.63, 3.8) is 0 Å². The molecule has 0 N–H and O–H groups in total. The van der Waals surface area contributed by atoms with Gasteiger partial charge in [-0.2, -0.15) is 0 Å². The molecule has 203 valence electrons. The Morgan fingerprint density at radius 1 is 0.657 bits per heavy atom. The Labute approximate surface area is 227 Å². The molecule has 3 saturated carbocycles. The predicted octanol–water partition coefficient (Wildman–Crippen LogP) is 8.50. The number of hydrogen-bond acceptors (Lipinski definition) is 2. The molecular formula is C27H42Cl2CuN5-3. The third kappa shape index (κ3) is 6.42. The number of nitrogens with zero attached hydrogens (tertiary/aromatic N) is 5. The second-order valence-corrected chi connectivity index (χ2v) is 13.2. The standard InChI is InChI=1S/C27H42N5.2ClH.Cu/c1-3-8-18(9-4-1)25-26(19-10-5-2-6-11-19)31-32-27(30-25)22-16-15-21-14-13-20-12-7-17-28-23(20)24(21)29-22;;;/h18-24,27H,1-17H2;2*1H;/q-3;;;+2/p-2. The van der Waals surface area contributed by atoms with E-state index in [0.717, 1.165) is 37.9 Å². The van der Waals surface area contributed by atoms with Gasteiger partial charge in [0.25, 0.3) is 0 Å². The maximum absolute atomic E-state index is 5.47. The van der Waals surface area contributed by atoms with E-state index in [-0.39, 0.29) is 12.2 Å². The summed E-state index contributed by atoms with van der Waals surface area (Å²) in [5.74, 6) is 2.75. The van der Waals surface area contributed by atoms with E-state index in [1.807, 2.05) is 0 Å². The molecule has 3 heterocycles. The summed E-state index contributed by atoms with van der Waals surface area (Å²) < 4.78 is 0. The second-order valence-electron chi connectivity index (χ2n) is 11.7. The zero-order valence-corrected chi connectivity index (χ0v) is 23.4. The van der Waals surface area contributed by atoms with Crippen LogP contribution in [0.3, 0.4) is 0 Å². The molecule has 6 aliphatic rings. The quantitative estimate of drug-likeness (QED) is 0.305. The molecule has 6 rings (SSSR count). The molecule has 3 aliphatic carbocycles. The van der Waals surface area contributed by atoms with E-state index in [1.165, 1.54) is 108 Å². The van der Waals surface area contributed by atoms with Gasteiger partial charge < -0.3 is 26.2 Å². The molecule has 0 amide bonds. The van der Waals surface area contributed by atoms with Gasteiger partial charge in [-0.15, -0.1) is 24.7 Å². The first kappa shape index (κ1) is 26.8. The minimum atomic E-state index is -0.0656. The molecular weight excluding hydrogens is 529 g/mol. The second kappa shape index (κ2) is 13.3. The van der Waals surface area contributed by atoms with Crippen LogP contribution in [0.2, 0.25) is 0 Å². The van der Waals surface area contributed by atoms with Crippen molar-refractivity contribution in [3.05, 3.63) is 16.1 Å².